The number of carbonyl (C=O) groups excluding carboxylic acids is 2. The van der Waals surface area contributed by atoms with Crippen molar-refractivity contribution in [1.82, 2.24) is 10.2 Å². The molecule has 2 aliphatic rings. The first-order chi connectivity index (χ1) is 14.5. The van der Waals surface area contributed by atoms with Crippen LogP contribution in [0.3, 0.4) is 0 Å². The van der Waals surface area contributed by atoms with Gasteiger partial charge < -0.3 is 16.0 Å². The van der Waals surface area contributed by atoms with Crippen molar-refractivity contribution in [2.24, 2.45) is 5.73 Å². The lowest BCUT2D eigenvalue weighted by Gasteiger charge is -2.45. The van der Waals surface area contributed by atoms with Gasteiger partial charge in [0.05, 0.1) is 6.54 Å². The molecule has 1 aliphatic carbocycles. The Kier molecular flexibility index (Phi) is 6.11. The summed E-state index contributed by atoms with van der Waals surface area (Å²) in [6.45, 7) is 0.687. The molecule has 0 unspecified atom stereocenters. The van der Waals surface area contributed by atoms with E-state index in [1.54, 1.807) is 4.90 Å². The molecule has 1 saturated carbocycles. The molecule has 0 bridgehead atoms. The third kappa shape index (κ3) is 4.23. The van der Waals surface area contributed by atoms with Crippen molar-refractivity contribution in [3.63, 3.8) is 0 Å². The third-order valence-corrected chi connectivity index (χ3v) is 6.93. The summed E-state index contributed by atoms with van der Waals surface area (Å²) in [4.78, 5) is 27.4. The highest BCUT2D eigenvalue weighted by Gasteiger charge is 2.42. The zero-order chi connectivity index (χ0) is 21.1. The minimum absolute atomic E-state index is 0.0199. The zero-order valence-electron chi connectivity index (χ0n) is 17.0. The van der Waals surface area contributed by atoms with Crippen LogP contribution in [0.4, 0.5) is 0 Å². The van der Waals surface area contributed by atoms with Crippen molar-refractivity contribution in [2.75, 3.05) is 13.1 Å². The monoisotopic (exact) mass is 425 g/mol. The van der Waals surface area contributed by atoms with Crippen LogP contribution in [0.2, 0.25) is 5.02 Å². The first-order valence-electron chi connectivity index (χ1n) is 10.6. The number of carbonyl (C=O) groups is 2. The van der Waals surface area contributed by atoms with E-state index in [1.165, 1.54) is 5.56 Å². The van der Waals surface area contributed by atoms with Crippen molar-refractivity contribution >= 4 is 23.4 Å². The lowest BCUT2D eigenvalue weighted by molar-refractivity contribution is -0.147. The number of nitrogens with one attached hydrogen (secondary N) is 1. The van der Waals surface area contributed by atoms with Crippen LogP contribution in [0.25, 0.3) is 0 Å². The lowest BCUT2D eigenvalue weighted by atomic mass is 9.68. The number of benzene rings is 2. The van der Waals surface area contributed by atoms with Gasteiger partial charge in [-0.1, -0.05) is 54.1 Å². The maximum atomic E-state index is 13.2. The molecule has 1 atom stereocenters. The van der Waals surface area contributed by atoms with Gasteiger partial charge in [-0.2, -0.15) is 0 Å². The first kappa shape index (κ1) is 20.9. The second-order valence-corrected chi connectivity index (χ2v) is 8.94. The van der Waals surface area contributed by atoms with Gasteiger partial charge in [-0.25, -0.2) is 0 Å². The summed E-state index contributed by atoms with van der Waals surface area (Å²) in [6.07, 6.45) is 3.94. The van der Waals surface area contributed by atoms with Gasteiger partial charge in [0.25, 0.3) is 0 Å². The van der Waals surface area contributed by atoms with E-state index in [1.807, 2.05) is 48.5 Å². The average Bonchev–Trinajstić information content (AvgIpc) is 2.77. The summed E-state index contributed by atoms with van der Waals surface area (Å²) >= 11 is 6.21. The largest absolute Gasteiger partial charge is 0.342 e. The Morgan fingerprint density at radius 2 is 1.80 bits per heavy atom. The Morgan fingerprint density at radius 1 is 1.07 bits per heavy atom. The van der Waals surface area contributed by atoms with Crippen LogP contribution in [0.5, 0.6) is 0 Å². The molecule has 2 amide bonds. The second-order valence-electron chi connectivity index (χ2n) is 8.50. The van der Waals surface area contributed by atoms with E-state index in [4.69, 9.17) is 17.3 Å². The fourth-order valence-electron chi connectivity index (χ4n) is 4.93. The average molecular weight is 426 g/mol. The summed E-state index contributed by atoms with van der Waals surface area (Å²) < 4.78 is 0. The van der Waals surface area contributed by atoms with E-state index in [0.29, 0.717) is 18.0 Å². The molecule has 5 nitrogen and oxygen atoms in total. The summed E-state index contributed by atoms with van der Waals surface area (Å²) in [7, 11) is 0. The molecule has 2 aromatic rings. The number of piperazine rings is 1. The lowest BCUT2D eigenvalue weighted by Crippen LogP contribution is -2.62. The Hall–Kier alpha value is -2.37. The van der Waals surface area contributed by atoms with Crippen LogP contribution in [0.1, 0.15) is 36.8 Å². The number of amides is 2. The van der Waals surface area contributed by atoms with Gasteiger partial charge in [0, 0.05) is 29.4 Å². The molecule has 0 radical (unpaired) electrons. The topological polar surface area (TPSA) is 75.4 Å². The van der Waals surface area contributed by atoms with Crippen LogP contribution in [0.15, 0.2) is 54.6 Å². The molecule has 0 spiro atoms. The van der Waals surface area contributed by atoms with Gasteiger partial charge in [0.15, 0.2) is 0 Å². The van der Waals surface area contributed by atoms with Crippen molar-refractivity contribution in [1.29, 1.82) is 0 Å². The number of halogens is 1. The first-order valence-corrected chi connectivity index (χ1v) is 11.0. The van der Waals surface area contributed by atoms with Gasteiger partial charge >= 0.3 is 0 Å². The number of hydrogen-bond acceptors (Lipinski definition) is 3. The minimum Gasteiger partial charge on any atom is -0.342 e. The Morgan fingerprint density at radius 3 is 2.47 bits per heavy atom. The molecule has 4 rings (SSSR count). The molecule has 30 heavy (non-hydrogen) atoms. The fourth-order valence-corrected chi connectivity index (χ4v) is 5.12. The maximum absolute atomic E-state index is 13.2. The molecule has 1 saturated heterocycles. The smallest absolute Gasteiger partial charge is 0.246 e. The summed E-state index contributed by atoms with van der Waals surface area (Å²) in [6, 6.07) is 17.3. The zero-order valence-corrected chi connectivity index (χ0v) is 17.8. The summed E-state index contributed by atoms with van der Waals surface area (Å²) in [5.74, 6) is -0.0625. The van der Waals surface area contributed by atoms with E-state index in [9.17, 15) is 9.59 Å². The fraction of sp³-hybridized carbons (Fsp3) is 0.417. The van der Waals surface area contributed by atoms with Crippen molar-refractivity contribution < 1.29 is 9.59 Å². The van der Waals surface area contributed by atoms with Crippen LogP contribution < -0.4 is 11.1 Å². The molecule has 1 aliphatic heterocycles. The SMILES string of the molecule is NC[C@]1(c2cccc(Cl)c2)CC[C@H](N2CC(=O)N[C@H](Cc3ccccc3)C2=O)CC1. The van der Waals surface area contributed by atoms with Crippen LogP contribution in [-0.4, -0.2) is 41.9 Å². The van der Waals surface area contributed by atoms with Crippen molar-refractivity contribution in [3.05, 3.63) is 70.7 Å². The standard InChI is InChI=1S/C24H28ClN3O2/c25-19-8-4-7-18(14-19)24(16-26)11-9-20(10-12-24)28-15-22(29)27-21(23(28)30)13-17-5-2-1-3-6-17/h1-8,14,20-21H,9-13,15-16,26H2,(H,27,29)/t20-,21-,24-/m1/s1. The highest BCUT2D eigenvalue weighted by atomic mass is 35.5. The van der Waals surface area contributed by atoms with Gasteiger partial charge in [0.2, 0.25) is 11.8 Å². The van der Waals surface area contributed by atoms with Crippen molar-refractivity contribution in [3.8, 4) is 0 Å². The van der Waals surface area contributed by atoms with E-state index in [-0.39, 0.29) is 29.8 Å². The van der Waals surface area contributed by atoms with Gasteiger partial charge in [0.1, 0.15) is 6.04 Å². The van der Waals surface area contributed by atoms with E-state index in [0.717, 1.165) is 31.2 Å². The Bertz CT molecular complexity index is 910. The third-order valence-electron chi connectivity index (χ3n) is 6.69. The van der Waals surface area contributed by atoms with Gasteiger partial charge in [-0.15, -0.1) is 0 Å². The quantitative estimate of drug-likeness (QED) is 0.773. The highest BCUT2D eigenvalue weighted by molar-refractivity contribution is 6.30. The molecular weight excluding hydrogens is 398 g/mol. The Labute approximate surface area is 182 Å². The molecule has 0 aromatic heterocycles. The number of nitrogens with two attached hydrogens (primary N) is 1. The molecular formula is C24H28ClN3O2. The molecule has 2 fully saturated rings. The second kappa shape index (κ2) is 8.78. The molecule has 158 valence electrons. The predicted octanol–water partition coefficient (Wildman–Crippen LogP) is 3.05. The van der Waals surface area contributed by atoms with E-state index >= 15 is 0 Å². The highest BCUT2D eigenvalue weighted by Crippen LogP contribution is 2.41. The molecule has 1 heterocycles. The normalized spacial score (nSPS) is 27.1. The number of rotatable bonds is 5. The van der Waals surface area contributed by atoms with Crippen LogP contribution in [-0.2, 0) is 21.4 Å². The van der Waals surface area contributed by atoms with Gasteiger partial charge in [-0.05, 0) is 48.9 Å². The number of nitrogens with zero attached hydrogens (tertiary/aromatic N) is 1. The summed E-state index contributed by atoms with van der Waals surface area (Å²) in [5, 5.41) is 3.60. The maximum Gasteiger partial charge on any atom is 0.246 e. The van der Waals surface area contributed by atoms with Gasteiger partial charge in [-0.3, -0.25) is 9.59 Å². The minimum atomic E-state index is -0.497. The number of hydrogen-bond donors (Lipinski definition) is 2. The van der Waals surface area contributed by atoms with Crippen LogP contribution >= 0.6 is 11.6 Å². The summed E-state index contributed by atoms with van der Waals surface area (Å²) in [5.41, 5.74) is 8.31. The molecule has 3 N–H and O–H groups in total. The predicted molar refractivity (Wildman–Crippen MR) is 118 cm³/mol. The van der Waals surface area contributed by atoms with Crippen LogP contribution in [0, 0.1) is 0 Å². The molecule has 6 heteroatoms. The van der Waals surface area contributed by atoms with Crippen molar-refractivity contribution in [2.45, 2.75) is 49.6 Å². The van der Waals surface area contributed by atoms with E-state index < -0.39 is 6.04 Å². The molecule has 2 aromatic carbocycles. The Balaban J connectivity index is 1.46. The van der Waals surface area contributed by atoms with E-state index in [2.05, 4.69) is 11.4 Å².